The quantitative estimate of drug-likeness (QED) is 0.703. The van der Waals surface area contributed by atoms with Crippen LogP contribution in [0, 0.1) is 11.8 Å². The van der Waals surface area contributed by atoms with Gasteiger partial charge in [-0.25, -0.2) is 0 Å². The van der Waals surface area contributed by atoms with Crippen molar-refractivity contribution in [3.63, 3.8) is 0 Å². The second kappa shape index (κ2) is 6.58. The zero-order valence-corrected chi connectivity index (χ0v) is 11.7. The van der Waals surface area contributed by atoms with Gasteiger partial charge in [0.15, 0.2) is 0 Å². The first-order valence-corrected chi connectivity index (χ1v) is 6.64. The van der Waals surface area contributed by atoms with Gasteiger partial charge in [-0.05, 0) is 52.5 Å². The van der Waals surface area contributed by atoms with Crippen LogP contribution in [0.25, 0.3) is 0 Å². The Morgan fingerprint density at radius 3 is 2.19 bits per heavy atom. The number of nitrogens with zero attached hydrogens (tertiary/aromatic N) is 2. The van der Waals surface area contributed by atoms with Gasteiger partial charge in [0.2, 0.25) is 0 Å². The maximum atomic E-state index is 3.37. The molecular weight excluding hydrogens is 198 g/mol. The summed E-state index contributed by atoms with van der Waals surface area (Å²) in [7, 11) is 4.31. The number of hydrogen-bond donors (Lipinski definition) is 1. The van der Waals surface area contributed by atoms with E-state index in [0.29, 0.717) is 6.04 Å². The molecule has 3 nitrogen and oxygen atoms in total. The van der Waals surface area contributed by atoms with Gasteiger partial charge in [-0.1, -0.05) is 13.8 Å². The van der Waals surface area contributed by atoms with Crippen molar-refractivity contribution in [2.45, 2.75) is 26.8 Å². The Balaban J connectivity index is 2.34. The maximum absolute atomic E-state index is 3.37. The summed E-state index contributed by atoms with van der Waals surface area (Å²) in [5.74, 6) is 1.73. The van der Waals surface area contributed by atoms with Crippen molar-refractivity contribution in [1.82, 2.24) is 15.1 Å². The SMILES string of the molecule is CCN(CC(C)C1CNC1)C(C)CN(C)C. The lowest BCUT2D eigenvalue weighted by molar-refractivity contribution is 0.124. The molecule has 96 valence electrons. The first-order chi connectivity index (χ1) is 7.54. The fraction of sp³-hybridized carbons (Fsp3) is 1.00. The molecule has 0 radical (unpaired) electrons. The van der Waals surface area contributed by atoms with Gasteiger partial charge in [0, 0.05) is 19.1 Å². The van der Waals surface area contributed by atoms with Gasteiger partial charge in [-0.2, -0.15) is 0 Å². The third-order valence-electron chi connectivity index (χ3n) is 3.80. The van der Waals surface area contributed by atoms with E-state index in [1.165, 1.54) is 26.2 Å². The molecule has 1 aliphatic heterocycles. The predicted molar refractivity (Wildman–Crippen MR) is 70.8 cm³/mol. The average Bonchev–Trinajstić information content (AvgIpc) is 2.09. The molecule has 0 spiro atoms. The van der Waals surface area contributed by atoms with Crippen LogP contribution >= 0.6 is 0 Å². The van der Waals surface area contributed by atoms with Crippen LogP contribution in [-0.2, 0) is 0 Å². The number of nitrogens with one attached hydrogen (secondary N) is 1. The van der Waals surface area contributed by atoms with Crippen LogP contribution in [0.2, 0.25) is 0 Å². The second-order valence-corrected chi connectivity index (χ2v) is 5.59. The van der Waals surface area contributed by atoms with Crippen LogP contribution in [0.1, 0.15) is 20.8 Å². The Labute approximate surface area is 101 Å². The van der Waals surface area contributed by atoms with E-state index in [9.17, 15) is 0 Å². The molecule has 0 aliphatic carbocycles. The van der Waals surface area contributed by atoms with Crippen molar-refractivity contribution >= 4 is 0 Å². The summed E-state index contributed by atoms with van der Waals surface area (Å²) in [6.07, 6.45) is 0. The van der Waals surface area contributed by atoms with Gasteiger partial charge < -0.3 is 10.2 Å². The van der Waals surface area contributed by atoms with Crippen molar-refractivity contribution in [2.24, 2.45) is 11.8 Å². The van der Waals surface area contributed by atoms with Gasteiger partial charge >= 0.3 is 0 Å². The highest BCUT2D eigenvalue weighted by Gasteiger charge is 2.26. The second-order valence-electron chi connectivity index (χ2n) is 5.59. The molecule has 1 rings (SSSR count). The van der Waals surface area contributed by atoms with Crippen molar-refractivity contribution in [3.8, 4) is 0 Å². The standard InChI is InChI=1S/C13H29N3/c1-6-16(12(3)10-15(4)5)9-11(2)13-7-14-8-13/h11-14H,6-10H2,1-5H3. The summed E-state index contributed by atoms with van der Waals surface area (Å²) in [6, 6.07) is 0.662. The minimum absolute atomic E-state index is 0.662. The predicted octanol–water partition coefficient (Wildman–Crippen LogP) is 1.11. The van der Waals surface area contributed by atoms with E-state index in [-0.39, 0.29) is 0 Å². The molecule has 0 aromatic rings. The fourth-order valence-corrected chi connectivity index (χ4v) is 2.50. The Morgan fingerprint density at radius 2 is 1.81 bits per heavy atom. The number of hydrogen-bond acceptors (Lipinski definition) is 3. The molecule has 1 fully saturated rings. The van der Waals surface area contributed by atoms with Crippen LogP contribution in [0.4, 0.5) is 0 Å². The smallest absolute Gasteiger partial charge is 0.0194 e. The molecule has 1 N–H and O–H groups in total. The largest absolute Gasteiger partial charge is 0.316 e. The summed E-state index contributed by atoms with van der Waals surface area (Å²) >= 11 is 0. The zero-order chi connectivity index (χ0) is 12.1. The summed E-state index contributed by atoms with van der Waals surface area (Å²) in [5, 5.41) is 3.37. The number of rotatable bonds is 7. The van der Waals surface area contributed by atoms with Gasteiger partial charge in [0.05, 0.1) is 0 Å². The van der Waals surface area contributed by atoms with E-state index in [2.05, 4.69) is 50.0 Å². The summed E-state index contributed by atoms with van der Waals surface area (Å²) in [5.41, 5.74) is 0. The van der Waals surface area contributed by atoms with Crippen molar-refractivity contribution in [3.05, 3.63) is 0 Å². The highest BCUT2D eigenvalue weighted by molar-refractivity contribution is 4.82. The lowest BCUT2D eigenvalue weighted by Gasteiger charge is -2.38. The molecule has 0 aromatic carbocycles. The Hall–Kier alpha value is -0.120. The minimum atomic E-state index is 0.662. The molecule has 0 amide bonds. The maximum Gasteiger partial charge on any atom is 0.0194 e. The third kappa shape index (κ3) is 4.04. The first kappa shape index (κ1) is 13.9. The molecule has 1 heterocycles. The fourth-order valence-electron chi connectivity index (χ4n) is 2.50. The van der Waals surface area contributed by atoms with Crippen LogP contribution in [0.15, 0.2) is 0 Å². The Morgan fingerprint density at radius 1 is 1.19 bits per heavy atom. The summed E-state index contributed by atoms with van der Waals surface area (Å²) in [6.45, 7) is 13.0. The van der Waals surface area contributed by atoms with Crippen LogP contribution in [-0.4, -0.2) is 62.7 Å². The minimum Gasteiger partial charge on any atom is -0.316 e. The van der Waals surface area contributed by atoms with Crippen LogP contribution in [0.3, 0.4) is 0 Å². The Bertz CT molecular complexity index is 190. The van der Waals surface area contributed by atoms with Gasteiger partial charge in [0.25, 0.3) is 0 Å². The van der Waals surface area contributed by atoms with Crippen LogP contribution < -0.4 is 5.32 Å². The van der Waals surface area contributed by atoms with Gasteiger partial charge in [0.1, 0.15) is 0 Å². The first-order valence-electron chi connectivity index (χ1n) is 6.64. The van der Waals surface area contributed by atoms with E-state index < -0.39 is 0 Å². The highest BCUT2D eigenvalue weighted by atomic mass is 15.2. The summed E-state index contributed by atoms with van der Waals surface area (Å²) < 4.78 is 0. The monoisotopic (exact) mass is 227 g/mol. The average molecular weight is 227 g/mol. The topological polar surface area (TPSA) is 18.5 Å². The van der Waals surface area contributed by atoms with Crippen LogP contribution in [0.5, 0.6) is 0 Å². The molecule has 2 atom stereocenters. The molecule has 0 bridgehead atoms. The summed E-state index contributed by atoms with van der Waals surface area (Å²) in [4.78, 5) is 4.89. The zero-order valence-electron chi connectivity index (χ0n) is 11.7. The normalized spacial score (nSPS) is 21.2. The van der Waals surface area contributed by atoms with Gasteiger partial charge in [-0.3, -0.25) is 4.90 Å². The van der Waals surface area contributed by atoms with Gasteiger partial charge in [-0.15, -0.1) is 0 Å². The molecular formula is C13H29N3. The van der Waals surface area contributed by atoms with E-state index in [0.717, 1.165) is 18.4 Å². The van der Waals surface area contributed by atoms with E-state index in [4.69, 9.17) is 0 Å². The lowest BCUT2D eigenvalue weighted by Crippen LogP contribution is -2.50. The molecule has 0 saturated carbocycles. The number of likely N-dealkylation sites (N-methyl/N-ethyl adjacent to an activating group) is 2. The van der Waals surface area contributed by atoms with Crippen molar-refractivity contribution in [2.75, 3.05) is 46.8 Å². The van der Waals surface area contributed by atoms with Crippen molar-refractivity contribution < 1.29 is 0 Å². The Kier molecular flexibility index (Phi) is 5.73. The van der Waals surface area contributed by atoms with E-state index >= 15 is 0 Å². The molecule has 3 heteroatoms. The molecule has 1 aliphatic rings. The van der Waals surface area contributed by atoms with E-state index in [1.54, 1.807) is 0 Å². The van der Waals surface area contributed by atoms with Crippen molar-refractivity contribution in [1.29, 1.82) is 0 Å². The molecule has 0 aromatic heterocycles. The van der Waals surface area contributed by atoms with E-state index in [1.807, 2.05) is 0 Å². The highest BCUT2D eigenvalue weighted by Crippen LogP contribution is 2.18. The molecule has 16 heavy (non-hydrogen) atoms. The third-order valence-corrected chi connectivity index (χ3v) is 3.80. The molecule has 1 saturated heterocycles. The molecule has 2 unspecified atom stereocenters. The lowest BCUT2D eigenvalue weighted by atomic mass is 9.88.